The van der Waals surface area contributed by atoms with E-state index in [1.54, 1.807) is 0 Å². The topological polar surface area (TPSA) is 78.9 Å². The molecule has 348 valence electrons. The Kier molecular flexibility index (Phi) is 46.9. The van der Waals surface area contributed by atoms with Gasteiger partial charge in [-0.1, -0.05) is 191 Å². The van der Waals surface area contributed by atoms with Crippen LogP contribution in [0.5, 0.6) is 0 Å². The van der Waals surface area contributed by atoms with Gasteiger partial charge in [-0.05, 0) is 96.3 Å². The maximum absolute atomic E-state index is 12.8. The van der Waals surface area contributed by atoms with Crippen molar-refractivity contribution in [3.63, 3.8) is 0 Å². The highest BCUT2D eigenvalue weighted by Gasteiger charge is 2.19. The fraction of sp³-hybridized carbons (Fsp3) is 0.796. The number of hydrogen-bond donors (Lipinski definition) is 0. The van der Waals surface area contributed by atoms with Crippen LogP contribution in [0.1, 0.15) is 258 Å². The van der Waals surface area contributed by atoms with Crippen molar-refractivity contribution in [2.75, 3.05) is 13.2 Å². The maximum atomic E-state index is 12.8. The molecule has 0 saturated carbocycles. The molecule has 1 unspecified atom stereocenters. The average Bonchev–Trinajstić information content (AvgIpc) is 3.24. The Morgan fingerprint density at radius 2 is 0.600 bits per heavy atom. The van der Waals surface area contributed by atoms with Crippen LogP contribution in [-0.2, 0) is 28.6 Å². The van der Waals surface area contributed by atoms with Gasteiger partial charge in [-0.15, -0.1) is 0 Å². The van der Waals surface area contributed by atoms with E-state index in [0.717, 1.165) is 89.9 Å². The zero-order valence-electron chi connectivity index (χ0n) is 39.7. The van der Waals surface area contributed by atoms with E-state index in [2.05, 4.69) is 69.4 Å². The summed E-state index contributed by atoms with van der Waals surface area (Å²) >= 11 is 0. The lowest BCUT2D eigenvalue weighted by molar-refractivity contribution is -0.167. The van der Waals surface area contributed by atoms with Crippen molar-refractivity contribution in [2.24, 2.45) is 0 Å². The van der Waals surface area contributed by atoms with Gasteiger partial charge in [-0.3, -0.25) is 14.4 Å². The molecule has 1 atom stereocenters. The zero-order valence-corrected chi connectivity index (χ0v) is 39.7. The summed E-state index contributed by atoms with van der Waals surface area (Å²) < 4.78 is 16.7. The van der Waals surface area contributed by atoms with Crippen molar-refractivity contribution in [1.29, 1.82) is 0 Å². The molecule has 0 aromatic heterocycles. The molecule has 0 spiro atoms. The lowest BCUT2D eigenvalue weighted by atomic mass is 10.1. The van der Waals surface area contributed by atoms with Crippen molar-refractivity contribution in [1.82, 2.24) is 0 Å². The Labute approximate surface area is 371 Å². The fourth-order valence-electron chi connectivity index (χ4n) is 7.13. The monoisotopic (exact) mass is 841 g/mol. The Hall–Kier alpha value is -2.63. The van der Waals surface area contributed by atoms with Gasteiger partial charge >= 0.3 is 17.9 Å². The quantitative estimate of drug-likeness (QED) is 0.0200. The number of unbranched alkanes of at least 4 members (excludes halogenated alkanes) is 28. The predicted molar refractivity (Wildman–Crippen MR) is 256 cm³/mol. The summed E-state index contributed by atoms with van der Waals surface area (Å²) in [6.45, 7) is 6.57. The molecule has 0 heterocycles. The van der Waals surface area contributed by atoms with Gasteiger partial charge in [0.05, 0.1) is 0 Å². The number of ether oxygens (including phenoxy) is 3. The van der Waals surface area contributed by atoms with E-state index >= 15 is 0 Å². The molecule has 0 aliphatic heterocycles. The predicted octanol–water partition coefficient (Wildman–Crippen LogP) is 16.7. The summed E-state index contributed by atoms with van der Waals surface area (Å²) in [4.78, 5) is 37.9. The van der Waals surface area contributed by atoms with Gasteiger partial charge in [0.2, 0.25) is 0 Å². The molecule has 0 aliphatic rings. The molecule has 60 heavy (non-hydrogen) atoms. The van der Waals surface area contributed by atoms with E-state index in [9.17, 15) is 14.4 Å². The first kappa shape index (κ1) is 57.4. The van der Waals surface area contributed by atoms with Crippen LogP contribution in [0.15, 0.2) is 48.6 Å². The Balaban J connectivity index is 4.44. The smallest absolute Gasteiger partial charge is 0.306 e. The third kappa shape index (κ3) is 46.4. The van der Waals surface area contributed by atoms with Crippen molar-refractivity contribution >= 4 is 17.9 Å². The number of carbonyl (C=O) groups excluding carboxylic acids is 3. The van der Waals surface area contributed by atoms with Crippen molar-refractivity contribution in [2.45, 2.75) is 264 Å². The largest absolute Gasteiger partial charge is 0.462 e. The van der Waals surface area contributed by atoms with Crippen molar-refractivity contribution in [3.05, 3.63) is 48.6 Å². The van der Waals surface area contributed by atoms with Crippen LogP contribution >= 0.6 is 0 Å². The summed E-state index contributed by atoms with van der Waals surface area (Å²) in [6, 6.07) is 0. The van der Waals surface area contributed by atoms with Crippen molar-refractivity contribution < 1.29 is 28.6 Å². The molecule has 0 rings (SSSR count). The maximum Gasteiger partial charge on any atom is 0.306 e. The molecule has 0 bridgehead atoms. The molecule has 0 fully saturated rings. The molecule has 6 nitrogen and oxygen atoms in total. The van der Waals surface area contributed by atoms with Crippen LogP contribution in [-0.4, -0.2) is 37.2 Å². The minimum absolute atomic E-state index is 0.0915. The summed E-state index contributed by atoms with van der Waals surface area (Å²) in [5.74, 6) is -0.938. The molecule has 0 aliphatic carbocycles. The molecule has 0 radical (unpaired) electrons. The van der Waals surface area contributed by atoms with Crippen LogP contribution in [0.3, 0.4) is 0 Å². The highest BCUT2D eigenvalue weighted by Crippen LogP contribution is 2.13. The molecule has 0 saturated heterocycles. The Morgan fingerprint density at radius 1 is 0.333 bits per heavy atom. The molecular weight excluding hydrogens is 745 g/mol. The highest BCUT2D eigenvalue weighted by molar-refractivity contribution is 5.71. The van der Waals surface area contributed by atoms with Gasteiger partial charge in [-0.2, -0.15) is 0 Å². The van der Waals surface area contributed by atoms with Gasteiger partial charge in [0.25, 0.3) is 0 Å². The first-order chi connectivity index (χ1) is 29.5. The average molecular weight is 841 g/mol. The SMILES string of the molecule is CCCCC/C=C\CCCCCCCC(=O)OCC(COC(=O)CCCCC/C=C\C=C/CCCCCCCCC)OC(=O)CCCCC/C=C\CCCCCCCCC. The van der Waals surface area contributed by atoms with E-state index in [1.807, 2.05) is 0 Å². The number of allylic oxidation sites excluding steroid dienone is 8. The summed E-state index contributed by atoms with van der Waals surface area (Å²) in [5.41, 5.74) is 0. The number of hydrogen-bond acceptors (Lipinski definition) is 6. The Bertz CT molecular complexity index is 1060. The van der Waals surface area contributed by atoms with E-state index in [-0.39, 0.29) is 31.1 Å². The summed E-state index contributed by atoms with van der Waals surface area (Å²) in [7, 11) is 0. The van der Waals surface area contributed by atoms with E-state index in [4.69, 9.17) is 14.2 Å². The van der Waals surface area contributed by atoms with Crippen molar-refractivity contribution in [3.8, 4) is 0 Å². The van der Waals surface area contributed by atoms with E-state index in [0.29, 0.717) is 19.3 Å². The number of rotatable bonds is 46. The molecular formula is C54H96O6. The Morgan fingerprint density at radius 3 is 0.983 bits per heavy atom. The second-order valence-corrected chi connectivity index (χ2v) is 17.1. The van der Waals surface area contributed by atoms with Crippen LogP contribution in [0.4, 0.5) is 0 Å². The van der Waals surface area contributed by atoms with Gasteiger partial charge in [-0.25, -0.2) is 0 Å². The van der Waals surface area contributed by atoms with Gasteiger partial charge in [0, 0.05) is 19.3 Å². The molecule has 0 N–H and O–H groups in total. The minimum Gasteiger partial charge on any atom is -0.462 e. The summed E-state index contributed by atoms with van der Waals surface area (Å²) in [6.07, 6.45) is 58.1. The van der Waals surface area contributed by atoms with Crippen LogP contribution in [0.2, 0.25) is 0 Å². The fourth-order valence-corrected chi connectivity index (χ4v) is 7.13. The lowest BCUT2D eigenvalue weighted by Gasteiger charge is -2.18. The second-order valence-electron chi connectivity index (χ2n) is 17.1. The third-order valence-corrected chi connectivity index (χ3v) is 11.1. The highest BCUT2D eigenvalue weighted by atomic mass is 16.6. The first-order valence-electron chi connectivity index (χ1n) is 25.7. The minimum atomic E-state index is -0.793. The zero-order chi connectivity index (χ0) is 43.7. The second kappa shape index (κ2) is 49.0. The standard InChI is InChI=1S/C54H96O6/c1-4-7-10-13-16-19-22-25-27-28-30-32-35-38-41-44-47-53(56)59-50-51(49-58-52(55)46-43-40-37-34-31-24-21-18-15-12-9-6-3)60-54(57)48-45-42-39-36-33-29-26-23-20-17-14-11-8-5-2/h18,21,27-30,32-33,51H,4-17,19-20,22-26,31,34-50H2,1-3H3/b21-18-,28-27-,32-30-,33-29-. The number of esters is 3. The summed E-state index contributed by atoms with van der Waals surface area (Å²) in [5, 5.41) is 0. The van der Waals surface area contributed by atoms with Gasteiger partial charge in [0.1, 0.15) is 13.2 Å². The lowest BCUT2D eigenvalue weighted by Crippen LogP contribution is -2.30. The van der Waals surface area contributed by atoms with Gasteiger partial charge in [0.15, 0.2) is 6.10 Å². The van der Waals surface area contributed by atoms with Crippen LogP contribution in [0.25, 0.3) is 0 Å². The number of carbonyl (C=O) groups is 3. The molecule has 0 aromatic rings. The van der Waals surface area contributed by atoms with Crippen LogP contribution < -0.4 is 0 Å². The van der Waals surface area contributed by atoms with E-state index in [1.165, 1.54) is 128 Å². The van der Waals surface area contributed by atoms with E-state index < -0.39 is 6.10 Å². The van der Waals surface area contributed by atoms with Crippen LogP contribution in [0, 0.1) is 0 Å². The van der Waals surface area contributed by atoms with Gasteiger partial charge < -0.3 is 14.2 Å². The normalized spacial score (nSPS) is 12.4. The first-order valence-corrected chi connectivity index (χ1v) is 25.7. The molecule has 0 amide bonds. The third-order valence-electron chi connectivity index (χ3n) is 11.1. The molecule has 6 heteroatoms. The molecule has 0 aromatic carbocycles.